The Morgan fingerprint density at radius 3 is 2.37 bits per heavy atom. The van der Waals surface area contributed by atoms with Crippen molar-refractivity contribution in [1.82, 2.24) is 9.88 Å². The van der Waals surface area contributed by atoms with Crippen molar-refractivity contribution in [2.45, 2.75) is 18.4 Å². The smallest absolute Gasteiger partial charge is 0.244 e. The number of ether oxygens (including phenoxy) is 2. The first-order chi connectivity index (χ1) is 12.9. The summed E-state index contributed by atoms with van der Waals surface area (Å²) in [6.07, 6.45) is 0. The Labute approximate surface area is 158 Å². The molecule has 1 aromatic heterocycles. The predicted octanol–water partition coefficient (Wildman–Crippen LogP) is 3.15. The monoisotopic (exact) mass is 388 g/mol. The zero-order valence-electron chi connectivity index (χ0n) is 15.2. The second-order valence-electron chi connectivity index (χ2n) is 5.87. The van der Waals surface area contributed by atoms with E-state index in [0.717, 1.165) is 5.56 Å². The molecule has 0 saturated carbocycles. The zero-order valence-corrected chi connectivity index (χ0v) is 16.0. The van der Waals surface area contributed by atoms with Crippen LogP contribution in [-0.2, 0) is 16.6 Å². The van der Waals surface area contributed by atoms with Crippen LogP contribution in [0.1, 0.15) is 11.3 Å². The second-order valence-corrected chi connectivity index (χ2v) is 7.61. The van der Waals surface area contributed by atoms with Gasteiger partial charge in [0.05, 0.1) is 19.9 Å². The van der Waals surface area contributed by atoms with Gasteiger partial charge in [-0.25, -0.2) is 13.1 Å². The van der Waals surface area contributed by atoms with Crippen molar-refractivity contribution >= 4 is 10.0 Å². The van der Waals surface area contributed by atoms with Crippen LogP contribution in [0.25, 0.3) is 11.3 Å². The third-order valence-electron chi connectivity index (χ3n) is 3.99. The molecule has 0 atom stereocenters. The lowest BCUT2D eigenvalue weighted by molar-refractivity contribution is 0.402. The van der Waals surface area contributed by atoms with E-state index in [4.69, 9.17) is 14.0 Å². The van der Waals surface area contributed by atoms with Crippen LogP contribution >= 0.6 is 0 Å². The number of rotatable bonds is 7. The van der Waals surface area contributed by atoms with Crippen LogP contribution in [0.5, 0.6) is 11.5 Å². The number of aryl methyl sites for hydroxylation is 1. The summed E-state index contributed by atoms with van der Waals surface area (Å²) in [6.45, 7) is 1.94. The Kier molecular flexibility index (Phi) is 5.48. The van der Waals surface area contributed by atoms with E-state index in [-0.39, 0.29) is 17.2 Å². The molecule has 0 aliphatic heterocycles. The van der Waals surface area contributed by atoms with Gasteiger partial charge in [0.15, 0.2) is 5.76 Å². The lowest BCUT2D eigenvalue weighted by atomic mass is 10.1. The number of benzene rings is 2. The van der Waals surface area contributed by atoms with E-state index in [2.05, 4.69) is 9.88 Å². The highest BCUT2D eigenvalue weighted by Crippen LogP contribution is 2.30. The largest absolute Gasteiger partial charge is 0.497 e. The standard InChI is InChI=1S/C19H20N2O5S/c1-13-10-18(26-21-13)15-6-9-17(25-3)19(11-15)27(22,23)20-12-14-4-7-16(24-2)8-5-14/h4-11,20H,12H2,1-3H3. The van der Waals surface area contributed by atoms with Gasteiger partial charge in [0, 0.05) is 18.2 Å². The fourth-order valence-corrected chi connectivity index (χ4v) is 3.75. The molecule has 0 unspecified atom stereocenters. The van der Waals surface area contributed by atoms with Crippen molar-refractivity contribution in [3.63, 3.8) is 0 Å². The first-order valence-electron chi connectivity index (χ1n) is 8.17. The van der Waals surface area contributed by atoms with Gasteiger partial charge in [-0.05, 0) is 42.8 Å². The Morgan fingerprint density at radius 1 is 1.04 bits per heavy atom. The normalized spacial score (nSPS) is 11.4. The van der Waals surface area contributed by atoms with E-state index >= 15 is 0 Å². The van der Waals surface area contributed by atoms with Gasteiger partial charge < -0.3 is 14.0 Å². The van der Waals surface area contributed by atoms with Crippen molar-refractivity contribution in [2.24, 2.45) is 0 Å². The molecule has 27 heavy (non-hydrogen) atoms. The van der Waals surface area contributed by atoms with E-state index in [9.17, 15) is 8.42 Å². The topological polar surface area (TPSA) is 90.7 Å². The zero-order chi connectivity index (χ0) is 19.4. The molecule has 1 N–H and O–H groups in total. The van der Waals surface area contributed by atoms with E-state index in [1.165, 1.54) is 13.2 Å². The highest BCUT2D eigenvalue weighted by Gasteiger charge is 2.21. The maximum atomic E-state index is 12.8. The third-order valence-corrected chi connectivity index (χ3v) is 5.41. The van der Waals surface area contributed by atoms with E-state index in [1.807, 2.05) is 0 Å². The number of sulfonamides is 1. The van der Waals surface area contributed by atoms with Crippen molar-refractivity contribution in [3.05, 3.63) is 59.8 Å². The Bertz CT molecular complexity index is 1030. The molecule has 3 aromatic rings. The van der Waals surface area contributed by atoms with Crippen LogP contribution in [0, 0.1) is 6.92 Å². The third kappa shape index (κ3) is 4.29. The molecule has 3 rings (SSSR count). The predicted molar refractivity (Wildman–Crippen MR) is 100 cm³/mol. The Balaban J connectivity index is 1.87. The van der Waals surface area contributed by atoms with Crippen LogP contribution in [0.2, 0.25) is 0 Å². The second kappa shape index (κ2) is 7.81. The SMILES string of the molecule is COc1ccc(CNS(=O)(=O)c2cc(-c3cc(C)no3)ccc2OC)cc1. The summed E-state index contributed by atoms with van der Waals surface area (Å²) in [5, 5.41) is 3.84. The summed E-state index contributed by atoms with van der Waals surface area (Å²) in [4.78, 5) is 0.0325. The molecule has 0 aliphatic carbocycles. The summed E-state index contributed by atoms with van der Waals surface area (Å²) < 4.78 is 43.8. The van der Waals surface area contributed by atoms with Crippen molar-refractivity contribution < 1.29 is 22.4 Å². The van der Waals surface area contributed by atoms with Gasteiger partial charge in [0.1, 0.15) is 16.4 Å². The summed E-state index contributed by atoms with van der Waals surface area (Å²) in [5.74, 6) is 1.44. The minimum Gasteiger partial charge on any atom is -0.497 e. The molecule has 7 nitrogen and oxygen atoms in total. The molecule has 8 heteroatoms. The molecule has 0 aliphatic rings. The Hall–Kier alpha value is -2.84. The van der Waals surface area contributed by atoms with Crippen LogP contribution in [0.4, 0.5) is 0 Å². The fraction of sp³-hybridized carbons (Fsp3) is 0.211. The summed E-state index contributed by atoms with van der Waals surface area (Å²) in [6, 6.07) is 13.7. The molecular weight excluding hydrogens is 368 g/mol. The van der Waals surface area contributed by atoms with Gasteiger partial charge in [-0.3, -0.25) is 0 Å². The molecule has 2 aromatic carbocycles. The quantitative estimate of drug-likeness (QED) is 0.669. The fourth-order valence-electron chi connectivity index (χ4n) is 2.54. The average molecular weight is 388 g/mol. The van der Waals surface area contributed by atoms with E-state index < -0.39 is 10.0 Å². The lowest BCUT2D eigenvalue weighted by Gasteiger charge is -2.12. The molecule has 0 spiro atoms. The van der Waals surface area contributed by atoms with Gasteiger partial charge in [0.2, 0.25) is 10.0 Å². The van der Waals surface area contributed by atoms with Crippen molar-refractivity contribution in [1.29, 1.82) is 0 Å². The molecule has 0 bridgehead atoms. The van der Waals surface area contributed by atoms with Crippen molar-refractivity contribution in [3.8, 4) is 22.8 Å². The average Bonchev–Trinajstić information content (AvgIpc) is 3.12. The summed E-state index contributed by atoms with van der Waals surface area (Å²) in [7, 11) is -0.806. The summed E-state index contributed by atoms with van der Waals surface area (Å²) >= 11 is 0. The molecule has 0 radical (unpaired) electrons. The number of nitrogens with one attached hydrogen (secondary N) is 1. The molecule has 142 valence electrons. The first-order valence-corrected chi connectivity index (χ1v) is 9.65. The Morgan fingerprint density at radius 2 is 1.78 bits per heavy atom. The van der Waals surface area contributed by atoms with E-state index in [1.54, 1.807) is 56.5 Å². The van der Waals surface area contributed by atoms with Gasteiger partial charge >= 0.3 is 0 Å². The van der Waals surface area contributed by atoms with Gasteiger partial charge in [-0.1, -0.05) is 17.3 Å². The minimum atomic E-state index is -3.81. The maximum Gasteiger partial charge on any atom is 0.244 e. The molecule has 0 saturated heterocycles. The van der Waals surface area contributed by atoms with Crippen molar-refractivity contribution in [2.75, 3.05) is 14.2 Å². The van der Waals surface area contributed by atoms with Crippen LogP contribution < -0.4 is 14.2 Å². The molecule has 0 amide bonds. The molecular formula is C19H20N2O5S. The number of methoxy groups -OCH3 is 2. The first kappa shape index (κ1) is 18.9. The van der Waals surface area contributed by atoms with Gasteiger partial charge in [0.25, 0.3) is 0 Å². The highest BCUT2D eigenvalue weighted by atomic mass is 32.2. The van der Waals surface area contributed by atoms with Gasteiger partial charge in [-0.15, -0.1) is 0 Å². The number of hydrogen-bond acceptors (Lipinski definition) is 6. The molecule has 0 fully saturated rings. The van der Waals surface area contributed by atoms with Crippen LogP contribution in [-0.4, -0.2) is 27.8 Å². The van der Waals surface area contributed by atoms with Crippen LogP contribution in [0.3, 0.4) is 0 Å². The van der Waals surface area contributed by atoms with E-state index in [0.29, 0.717) is 22.8 Å². The molecule has 1 heterocycles. The highest BCUT2D eigenvalue weighted by molar-refractivity contribution is 7.89. The number of aromatic nitrogens is 1. The lowest BCUT2D eigenvalue weighted by Crippen LogP contribution is -2.23. The van der Waals surface area contributed by atoms with Crippen LogP contribution in [0.15, 0.2) is 57.9 Å². The maximum absolute atomic E-state index is 12.8. The summed E-state index contributed by atoms with van der Waals surface area (Å²) in [5.41, 5.74) is 2.12. The number of hydrogen-bond donors (Lipinski definition) is 1. The minimum absolute atomic E-state index is 0.0325. The van der Waals surface area contributed by atoms with Gasteiger partial charge in [-0.2, -0.15) is 0 Å². The number of nitrogens with zero attached hydrogens (tertiary/aromatic N) is 1.